The second-order valence-electron chi connectivity index (χ2n) is 16.6. The smallest absolute Gasteiger partial charge is 0.305 e. The SMILES string of the molecule is CCCCCC(O)/C=C/C1C(O)CC(=O)C1CCCCCCCC(=O)OCC(O)COC(=O)CCCCCCCC1C(O)CC(O)C1/C=C/C(O)CCCCC. The van der Waals surface area contributed by atoms with Crippen molar-refractivity contribution in [2.45, 2.75) is 205 Å². The van der Waals surface area contributed by atoms with E-state index in [4.69, 9.17) is 9.47 Å². The molecule has 0 saturated heterocycles. The summed E-state index contributed by atoms with van der Waals surface area (Å²) in [4.78, 5) is 36.8. The van der Waals surface area contributed by atoms with Crippen LogP contribution in [0.2, 0.25) is 0 Å². The molecule has 2 aliphatic carbocycles. The van der Waals surface area contributed by atoms with E-state index >= 15 is 0 Å². The molecule has 10 unspecified atom stereocenters. The van der Waals surface area contributed by atoms with E-state index in [1.54, 1.807) is 12.2 Å². The third-order valence-corrected chi connectivity index (χ3v) is 11.7. The molecule has 2 fully saturated rings. The van der Waals surface area contributed by atoms with Crippen molar-refractivity contribution < 1.29 is 54.5 Å². The number of aliphatic hydroxyl groups is 6. The van der Waals surface area contributed by atoms with Crippen molar-refractivity contribution in [1.82, 2.24) is 0 Å². The zero-order chi connectivity index (χ0) is 41.1. The second kappa shape index (κ2) is 30.0. The largest absolute Gasteiger partial charge is 0.463 e. The number of esters is 2. The summed E-state index contributed by atoms with van der Waals surface area (Å²) in [5.74, 6) is -1.36. The van der Waals surface area contributed by atoms with Gasteiger partial charge in [0.05, 0.1) is 30.5 Å². The molecule has 10 atom stereocenters. The van der Waals surface area contributed by atoms with Crippen LogP contribution in [0.4, 0.5) is 0 Å². The van der Waals surface area contributed by atoms with Gasteiger partial charge >= 0.3 is 11.9 Å². The number of carbonyl (C=O) groups is 3. The summed E-state index contributed by atoms with van der Waals surface area (Å²) in [7, 11) is 0. The van der Waals surface area contributed by atoms with E-state index < -0.39 is 48.6 Å². The van der Waals surface area contributed by atoms with Crippen molar-refractivity contribution in [3.8, 4) is 0 Å². The molecule has 0 amide bonds. The lowest BCUT2D eigenvalue weighted by atomic mass is 9.87. The van der Waals surface area contributed by atoms with Gasteiger partial charge in [0.1, 0.15) is 25.1 Å². The van der Waals surface area contributed by atoms with Crippen LogP contribution in [0.3, 0.4) is 0 Å². The Morgan fingerprint density at radius 1 is 0.625 bits per heavy atom. The van der Waals surface area contributed by atoms with Crippen molar-refractivity contribution in [3.63, 3.8) is 0 Å². The van der Waals surface area contributed by atoms with Gasteiger partial charge in [-0.2, -0.15) is 0 Å². The van der Waals surface area contributed by atoms with Crippen LogP contribution in [-0.2, 0) is 23.9 Å². The number of Topliss-reactive ketones (excluding diaryl/α,β-unsaturated/α-hetero) is 1. The lowest BCUT2D eigenvalue weighted by Crippen LogP contribution is -2.25. The standard InChI is InChI=1S/C45H78O11/c1-3-5-13-19-33(46)25-27-38-36(40(49)29-42(38)51)21-15-9-7-11-17-23-44(53)55-31-35(48)32-56-45(54)24-18-12-8-10-16-22-37-39(43(52)30-41(37)50)28-26-34(47)20-14-6-4-2/h25-28,33-40,42-43,46-49,51-52H,3-24,29-32H2,1-2H3/b27-25+,28-26+. The number of carbonyl (C=O) groups excluding carboxylic acids is 3. The lowest BCUT2D eigenvalue weighted by molar-refractivity contribution is -0.152. The van der Waals surface area contributed by atoms with Crippen LogP contribution < -0.4 is 0 Å². The fourth-order valence-corrected chi connectivity index (χ4v) is 8.20. The lowest BCUT2D eigenvalue weighted by Gasteiger charge is -2.21. The minimum atomic E-state index is -1.09. The number of hydrogen-bond acceptors (Lipinski definition) is 11. The summed E-state index contributed by atoms with van der Waals surface area (Å²) in [5.41, 5.74) is 0. The zero-order valence-electron chi connectivity index (χ0n) is 34.7. The Labute approximate surface area is 337 Å². The van der Waals surface area contributed by atoms with Gasteiger partial charge in [-0.25, -0.2) is 0 Å². The molecule has 11 nitrogen and oxygen atoms in total. The third-order valence-electron chi connectivity index (χ3n) is 11.7. The van der Waals surface area contributed by atoms with Crippen LogP contribution in [0.5, 0.6) is 0 Å². The van der Waals surface area contributed by atoms with Crippen molar-refractivity contribution in [3.05, 3.63) is 24.3 Å². The number of ketones is 1. The quantitative estimate of drug-likeness (QED) is 0.0238. The summed E-state index contributed by atoms with van der Waals surface area (Å²) in [6.45, 7) is 3.77. The first-order chi connectivity index (χ1) is 27.0. The Morgan fingerprint density at radius 2 is 1.11 bits per heavy atom. The van der Waals surface area contributed by atoms with Gasteiger partial charge in [-0.1, -0.05) is 128 Å². The Balaban J connectivity index is 1.47. The van der Waals surface area contributed by atoms with Crippen molar-refractivity contribution in [2.75, 3.05) is 13.2 Å². The van der Waals surface area contributed by atoms with Crippen molar-refractivity contribution in [1.29, 1.82) is 0 Å². The van der Waals surface area contributed by atoms with Crippen LogP contribution in [0, 0.1) is 23.7 Å². The number of aliphatic hydroxyl groups excluding tert-OH is 6. The van der Waals surface area contributed by atoms with Gasteiger partial charge in [-0.05, 0) is 44.4 Å². The number of unbranched alkanes of at least 4 members (excludes halogenated alkanes) is 12. The molecule has 2 aliphatic rings. The highest BCUT2D eigenvalue weighted by Gasteiger charge is 2.40. The normalized spacial score (nSPS) is 25.6. The average molecular weight is 795 g/mol. The number of rotatable bonds is 32. The molecule has 11 heteroatoms. The Morgan fingerprint density at radius 3 is 1.64 bits per heavy atom. The van der Waals surface area contributed by atoms with Gasteiger partial charge in [0.15, 0.2) is 0 Å². The van der Waals surface area contributed by atoms with Crippen LogP contribution >= 0.6 is 0 Å². The predicted octanol–water partition coefficient (Wildman–Crippen LogP) is 6.81. The van der Waals surface area contributed by atoms with Gasteiger partial charge in [0, 0.05) is 43.4 Å². The topological polar surface area (TPSA) is 191 Å². The number of ether oxygens (including phenoxy) is 2. The van der Waals surface area contributed by atoms with E-state index in [-0.39, 0.29) is 61.9 Å². The maximum atomic E-state index is 12.5. The van der Waals surface area contributed by atoms with Gasteiger partial charge in [0.25, 0.3) is 0 Å². The highest BCUT2D eigenvalue weighted by Crippen LogP contribution is 2.37. The maximum Gasteiger partial charge on any atom is 0.305 e. The summed E-state index contributed by atoms with van der Waals surface area (Å²) < 4.78 is 10.3. The van der Waals surface area contributed by atoms with Crippen LogP contribution in [-0.4, -0.2) is 98.2 Å². The fourth-order valence-electron chi connectivity index (χ4n) is 8.20. The van der Waals surface area contributed by atoms with Crippen LogP contribution in [0.25, 0.3) is 0 Å². The molecule has 0 heterocycles. The molecule has 2 saturated carbocycles. The Kier molecular flexibility index (Phi) is 26.8. The third kappa shape index (κ3) is 21.0. The molecule has 56 heavy (non-hydrogen) atoms. The Bertz CT molecular complexity index is 1130. The summed E-state index contributed by atoms with van der Waals surface area (Å²) in [6, 6.07) is 0. The highest BCUT2D eigenvalue weighted by molar-refractivity contribution is 5.84. The molecule has 0 radical (unpaired) electrons. The molecule has 0 aromatic rings. The first-order valence-electron chi connectivity index (χ1n) is 22.3. The summed E-state index contributed by atoms with van der Waals surface area (Å²) in [6.07, 6.45) is 21.9. The monoisotopic (exact) mass is 795 g/mol. The van der Waals surface area contributed by atoms with Crippen LogP contribution in [0.1, 0.15) is 168 Å². The zero-order valence-corrected chi connectivity index (χ0v) is 34.7. The molecule has 6 N–H and O–H groups in total. The van der Waals surface area contributed by atoms with Gasteiger partial charge in [0.2, 0.25) is 0 Å². The number of hydrogen-bond donors (Lipinski definition) is 6. The van der Waals surface area contributed by atoms with Gasteiger partial charge in [-0.3, -0.25) is 14.4 Å². The van der Waals surface area contributed by atoms with E-state index in [9.17, 15) is 45.0 Å². The van der Waals surface area contributed by atoms with Crippen molar-refractivity contribution >= 4 is 17.7 Å². The molecule has 0 aromatic heterocycles. The molecule has 0 spiro atoms. The van der Waals surface area contributed by atoms with E-state index in [2.05, 4.69) is 13.8 Å². The summed E-state index contributed by atoms with van der Waals surface area (Å²) in [5, 5.41) is 61.9. The van der Waals surface area contributed by atoms with E-state index in [0.29, 0.717) is 38.5 Å². The minimum Gasteiger partial charge on any atom is -0.463 e. The molecule has 2 rings (SSSR count). The van der Waals surface area contributed by atoms with Gasteiger partial charge < -0.3 is 40.1 Å². The first-order valence-corrected chi connectivity index (χ1v) is 22.3. The van der Waals surface area contributed by atoms with E-state index in [0.717, 1.165) is 96.3 Å². The predicted molar refractivity (Wildman–Crippen MR) is 217 cm³/mol. The van der Waals surface area contributed by atoms with Crippen molar-refractivity contribution in [2.24, 2.45) is 23.7 Å². The second-order valence-corrected chi connectivity index (χ2v) is 16.6. The molecule has 0 bridgehead atoms. The molecule has 0 aromatic carbocycles. The first kappa shape index (κ1) is 50.0. The van der Waals surface area contributed by atoms with E-state index in [1.807, 2.05) is 12.2 Å². The molecular weight excluding hydrogens is 716 g/mol. The highest BCUT2D eigenvalue weighted by atomic mass is 16.6. The van der Waals surface area contributed by atoms with E-state index in [1.165, 1.54) is 0 Å². The molecule has 324 valence electrons. The van der Waals surface area contributed by atoms with Crippen LogP contribution in [0.15, 0.2) is 24.3 Å². The van der Waals surface area contributed by atoms with Gasteiger partial charge in [-0.15, -0.1) is 0 Å². The summed E-state index contributed by atoms with van der Waals surface area (Å²) >= 11 is 0. The minimum absolute atomic E-state index is 0.0247. The fraction of sp³-hybridized carbons (Fsp3) is 0.844. The maximum absolute atomic E-state index is 12.5. The Hall–Kier alpha value is -2.15. The average Bonchev–Trinajstić information content (AvgIpc) is 3.60. The molecule has 0 aliphatic heterocycles. The molecular formula is C45H78O11.